The van der Waals surface area contributed by atoms with Crippen molar-refractivity contribution in [2.45, 2.75) is 39.3 Å². The molecule has 1 aliphatic rings. The lowest BCUT2D eigenvalue weighted by Crippen LogP contribution is -2.06. The third kappa shape index (κ3) is 2.29. The van der Waals surface area contributed by atoms with Crippen LogP contribution in [0.3, 0.4) is 0 Å². The van der Waals surface area contributed by atoms with Crippen LogP contribution in [0.1, 0.15) is 41.8 Å². The molecule has 2 rings (SSSR count). The van der Waals surface area contributed by atoms with Crippen LogP contribution in [-0.4, -0.2) is 19.1 Å². The zero-order valence-corrected chi connectivity index (χ0v) is 11.3. The van der Waals surface area contributed by atoms with Gasteiger partial charge in [0, 0.05) is 24.4 Å². The lowest BCUT2D eigenvalue weighted by molar-refractivity contribution is 0.181. The van der Waals surface area contributed by atoms with Crippen molar-refractivity contribution in [2.75, 3.05) is 14.2 Å². The van der Waals surface area contributed by atoms with E-state index in [1.54, 1.807) is 7.11 Å². The van der Waals surface area contributed by atoms with E-state index in [9.17, 15) is 0 Å². The van der Waals surface area contributed by atoms with Gasteiger partial charge in [-0.15, -0.1) is 11.3 Å². The molecule has 1 aliphatic carbocycles. The zero-order valence-electron chi connectivity index (χ0n) is 10.5. The van der Waals surface area contributed by atoms with Crippen LogP contribution in [0.5, 0.6) is 0 Å². The van der Waals surface area contributed by atoms with E-state index in [4.69, 9.17) is 9.72 Å². The Labute approximate surface area is 101 Å². The largest absolute Gasteiger partial charge is 0.378 e. The first-order valence-corrected chi connectivity index (χ1v) is 6.52. The van der Waals surface area contributed by atoms with Crippen molar-refractivity contribution >= 4 is 11.3 Å². The average Bonchev–Trinajstić information content (AvgIpc) is 2.68. The molecular formula is C12H20N2OS. The molecule has 1 saturated carbocycles. The number of methoxy groups -OCH3 is 1. The third-order valence-corrected chi connectivity index (χ3v) is 4.44. The van der Waals surface area contributed by atoms with Crippen molar-refractivity contribution in [1.29, 1.82) is 0 Å². The van der Waals surface area contributed by atoms with Gasteiger partial charge >= 0.3 is 0 Å². The maximum Gasteiger partial charge on any atom is 0.0969 e. The summed E-state index contributed by atoms with van der Waals surface area (Å²) in [5.41, 5.74) is 1.57. The predicted molar refractivity (Wildman–Crippen MR) is 66.7 cm³/mol. The Balaban J connectivity index is 2.18. The molecule has 0 amide bonds. The number of thiazole rings is 1. The second-order valence-electron chi connectivity index (χ2n) is 5.13. The van der Waals surface area contributed by atoms with Gasteiger partial charge in [0.1, 0.15) is 0 Å². The molecule has 1 fully saturated rings. The van der Waals surface area contributed by atoms with E-state index < -0.39 is 0 Å². The SMILES string of the molecule is CNCc1sc(C2CC2(C)C)nc1COC. The molecule has 0 aromatic carbocycles. The molecule has 16 heavy (non-hydrogen) atoms. The average molecular weight is 240 g/mol. The summed E-state index contributed by atoms with van der Waals surface area (Å²) in [4.78, 5) is 6.05. The summed E-state index contributed by atoms with van der Waals surface area (Å²) in [5, 5.41) is 4.48. The molecule has 1 aromatic rings. The van der Waals surface area contributed by atoms with Crippen LogP contribution in [0, 0.1) is 5.41 Å². The number of aromatic nitrogens is 1. The van der Waals surface area contributed by atoms with Crippen molar-refractivity contribution in [3.8, 4) is 0 Å². The van der Waals surface area contributed by atoms with Crippen molar-refractivity contribution in [1.82, 2.24) is 10.3 Å². The molecule has 1 N–H and O–H groups in total. The maximum atomic E-state index is 5.20. The van der Waals surface area contributed by atoms with Gasteiger partial charge in [-0.25, -0.2) is 4.98 Å². The van der Waals surface area contributed by atoms with Gasteiger partial charge in [0.2, 0.25) is 0 Å². The van der Waals surface area contributed by atoms with E-state index in [1.807, 2.05) is 18.4 Å². The second-order valence-corrected chi connectivity index (χ2v) is 6.25. The summed E-state index contributed by atoms with van der Waals surface area (Å²) in [6.45, 7) is 6.14. The van der Waals surface area contributed by atoms with Crippen molar-refractivity contribution in [2.24, 2.45) is 5.41 Å². The fourth-order valence-corrected chi connectivity index (χ4v) is 3.38. The summed E-state index contributed by atoms with van der Waals surface area (Å²) >= 11 is 1.84. The van der Waals surface area contributed by atoms with Gasteiger partial charge in [0.05, 0.1) is 17.3 Å². The highest BCUT2D eigenvalue weighted by Crippen LogP contribution is 2.59. The van der Waals surface area contributed by atoms with Gasteiger partial charge in [-0.05, 0) is 18.9 Å². The standard InChI is InChI=1S/C12H20N2OS/c1-12(2)5-8(12)11-14-9(7-15-4)10(16-11)6-13-3/h8,13H,5-7H2,1-4H3. The van der Waals surface area contributed by atoms with Gasteiger partial charge in [0.15, 0.2) is 0 Å². The Kier molecular flexibility index (Phi) is 3.33. The summed E-state index contributed by atoms with van der Waals surface area (Å²) in [6, 6.07) is 0. The Morgan fingerprint density at radius 3 is 2.75 bits per heavy atom. The first-order chi connectivity index (χ1) is 7.58. The molecule has 1 atom stereocenters. The molecule has 0 spiro atoms. The number of nitrogens with one attached hydrogen (secondary N) is 1. The van der Waals surface area contributed by atoms with Crippen LogP contribution in [0.4, 0.5) is 0 Å². The normalized spacial score (nSPS) is 22.4. The molecular weight excluding hydrogens is 220 g/mol. The van der Waals surface area contributed by atoms with Crippen LogP contribution in [-0.2, 0) is 17.9 Å². The minimum Gasteiger partial charge on any atom is -0.378 e. The molecule has 1 aromatic heterocycles. The van der Waals surface area contributed by atoms with Crippen LogP contribution in [0.2, 0.25) is 0 Å². The maximum absolute atomic E-state index is 5.20. The fourth-order valence-electron chi connectivity index (χ4n) is 1.99. The van der Waals surface area contributed by atoms with Crippen LogP contribution in [0.15, 0.2) is 0 Å². The Morgan fingerprint density at radius 1 is 1.56 bits per heavy atom. The zero-order chi connectivity index (χ0) is 11.8. The number of nitrogens with zero attached hydrogens (tertiary/aromatic N) is 1. The van der Waals surface area contributed by atoms with Gasteiger partial charge < -0.3 is 10.1 Å². The van der Waals surface area contributed by atoms with Gasteiger partial charge in [-0.2, -0.15) is 0 Å². The molecule has 1 heterocycles. The molecule has 90 valence electrons. The molecule has 0 bridgehead atoms. The molecule has 0 aliphatic heterocycles. The first-order valence-electron chi connectivity index (χ1n) is 5.70. The van der Waals surface area contributed by atoms with E-state index in [1.165, 1.54) is 16.3 Å². The number of hydrogen-bond acceptors (Lipinski definition) is 4. The Hall–Kier alpha value is -0.450. The number of ether oxygens (including phenoxy) is 1. The predicted octanol–water partition coefficient (Wildman–Crippen LogP) is 2.52. The second kappa shape index (κ2) is 4.43. The lowest BCUT2D eigenvalue weighted by atomic mass is 10.1. The molecule has 0 saturated heterocycles. The van der Waals surface area contributed by atoms with Crippen LogP contribution < -0.4 is 5.32 Å². The van der Waals surface area contributed by atoms with Crippen molar-refractivity contribution in [3.63, 3.8) is 0 Å². The quantitative estimate of drug-likeness (QED) is 0.858. The van der Waals surface area contributed by atoms with Gasteiger partial charge in [0.25, 0.3) is 0 Å². The summed E-state index contributed by atoms with van der Waals surface area (Å²) in [5.74, 6) is 0.665. The highest BCUT2D eigenvalue weighted by atomic mass is 32.1. The molecule has 1 unspecified atom stereocenters. The topological polar surface area (TPSA) is 34.2 Å². The van der Waals surface area contributed by atoms with Crippen molar-refractivity contribution < 1.29 is 4.74 Å². The van der Waals surface area contributed by atoms with E-state index >= 15 is 0 Å². The van der Waals surface area contributed by atoms with E-state index in [0.717, 1.165) is 12.2 Å². The summed E-state index contributed by atoms with van der Waals surface area (Å²) < 4.78 is 5.20. The first kappa shape index (κ1) is 12.0. The lowest BCUT2D eigenvalue weighted by Gasteiger charge is -1.98. The Bertz CT molecular complexity index is 350. The molecule has 0 radical (unpaired) electrons. The highest BCUT2D eigenvalue weighted by Gasteiger charge is 2.48. The Morgan fingerprint density at radius 2 is 2.25 bits per heavy atom. The minimum absolute atomic E-state index is 0.457. The number of rotatable bonds is 5. The fraction of sp³-hybridized carbons (Fsp3) is 0.750. The van der Waals surface area contributed by atoms with Gasteiger partial charge in [-0.3, -0.25) is 0 Å². The minimum atomic E-state index is 0.457. The van der Waals surface area contributed by atoms with Crippen LogP contribution in [0.25, 0.3) is 0 Å². The molecule has 3 nitrogen and oxygen atoms in total. The van der Waals surface area contributed by atoms with E-state index in [-0.39, 0.29) is 0 Å². The van der Waals surface area contributed by atoms with Crippen molar-refractivity contribution in [3.05, 3.63) is 15.6 Å². The smallest absolute Gasteiger partial charge is 0.0969 e. The van der Waals surface area contributed by atoms with E-state index in [2.05, 4.69) is 19.2 Å². The monoisotopic (exact) mass is 240 g/mol. The van der Waals surface area contributed by atoms with Gasteiger partial charge in [-0.1, -0.05) is 13.8 Å². The number of hydrogen-bond donors (Lipinski definition) is 1. The highest BCUT2D eigenvalue weighted by molar-refractivity contribution is 7.11. The van der Waals surface area contributed by atoms with E-state index in [0.29, 0.717) is 17.9 Å². The molecule has 4 heteroatoms. The van der Waals surface area contributed by atoms with Crippen LogP contribution >= 0.6 is 11.3 Å². The summed E-state index contributed by atoms with van der Waals surface area (Å²) in [6.07, 6.45) is 1.27. The summed E-state index contributed by atoms with van der Waals surface area (Å²) in [7, 11) is 3.69. The third-order valence-electron chi connectivity index (χ3n) is 3.22.